The predicted octanol–water partition coefficient (Wildman–Crippen LogP) is 4.42. The van der Waals surface area contributed by atoms with E-state index < -0.39 is 40.6 Å². The number of benzene rings is 2. The highest BCUT2D eigenvalue weighted by molar-refractivity contribution is 6.00. The van der Waals surface area contributed by atoms with E-state index in [9.17, 15) is 29.3 Å². The highest BCUT2D eigenvalue weighted by Gasteiger charge is 2.38. The second kappa shape index (κ2) is 15.5. The zero-order valence-corrected chi connectivity index (χ0v) is 25.3. The number of carbonyl (C=O) groups excluding carboxylic acids is 4. The number of nitro groups is 1. The molecule has 234 valence electrons. The number of dihydropyridines is 1. The van der Waals surface area contributed by atoms with Crippen LogP contribution in [0.5, 0.6) is 0 Å². The Kier molecular flexibility index (Phi) is 11.8. The van der Waals surface area contributed by atoms with Crippen LogP contribution in [0.1, 0.15) is 56.7 Å². The molecule has 1 aliphatic rings. The van der Waals surface area contributed by atoms with Crippen molar-refractivity contribution in [2.45, 2.75) is 53.1 Å². The van der Waals surface area contributed by atoms with Gasteiger partial charge in [0.1, 0.15) is 6.61 Å². The molecular formula is C32H36N2O10. The molecule has 0 saturated heterocycles. The fourth-order valence-corrected chi connectivity index (χ4v) is 4.95. The zero-order valence-electron chi connectivity index (χ0n) is 25.3. The first kappa shape index (κ1) is 33.5. The van der Waals surface area contributed by atoms with Crippen molar-refractivity contribution in [2.24, 2.45) is 5.92 Å². The molecule has 0 aliphatic carbocycles. The molecule has 1 unspecified atom stereocenters. The molecule has 0 aromatic heterocycles. The van der Waals surface area contributed by atoms with Gasteiger partial charge in [0, 0.05) is 23.5 Å². The summed E-state index contributed by atoms with van der Waals surface area (Å²) >= 11 is 0. The Morgan fingerprint density at radius 2 is 1.43 bits per heavy atom. The first-order valence-corrected chi connectivity index (χ1v) is 14.1. The van der Waals surface area contributed by atoms with Crippen LogP contribution in [0.4, 0.5) is 5.69 Å². The van der Waals surface area contributed by atoms with E-state index in [0.29, 0.717) is 28.9 Å². The molecule has 2 aromatic carbocycles. The summed E-state index contributed by atoms with van der Waals surface area (Å²) in [7, 11) is 1.22. The lowest BCUT2D eigenvalue weighted by molar-refractivity contribution is -0.384. The standard InChI is InChI=1S/C32H36N2O10/c1-6-42-29(35)25(30(36)43-7-2)16-15-21-11-13-22(14-12-21)18-44-32(38)27-20(4)33-19(3)26(31(37)41-5)28(27)23-9-8-10-24(17-23)34(39)40/h8-14,17,25,28,33H,6-7,15-16,18H2,1-5H3. The van der Waals surface area contributed by atoms with Crippen molar-refractivity contribution >= 4 is 29.6 Å². The van der Waals surface area contributed by atoms with Gasteiger partial charge in [0.25, 0.3) is 5.69 Å². The largest absolute Gasteiger partial charge is 0.466 e. The highest BCUT2D eigenvalue weighted by atomic mass is 16.6. The first-order chi connectivity index (χ1) is 21.0. The summed E-state index contributed by atoms with van der Waals surface area (Å²) in [6.45, 7) is 6.86. The smallest absolute Gasteiger partial charge is 0.337 e. The summed E-state index contributed by atoms with van der Waals surface area (Å²) < 4.78 is 20.7. The van der Waals surface area contributed by atoms with Gasteiger partial charge in [0.2, 0.25) is 0 Å². The highest BCUT2D eigenvalue weighted by Crippen LogP contribution is 2.40. The molecule has 1 aliphatic heterocycles. The van der Waals surface area contributed by atoms with Crippen molar-refractivity contribution < 1.29 is 43.0 Å². The summed E-state index contributed by atoms with van der Waals surface area (Å²) in [6, 6.07) is 12.9. The molecule has 0 saturated carbocycles. The Balaban J connectivity index is 1.77. The second-order valence-corrected chi connectivity index (χ2v) is 9.97. The third-order valence-corrected chi connectivity index (χ3v) is 7.06. The number of allylic oxidation sites excluding steroid dienone is 2. The van der Waals surface area contributed by atoms with Crippen molar-refractivity contribution in [1.29, 1.82) is 0 Å². The summed E-state index contributed by atoms with van der Waals surface area (Å²) in [4.78, 5) is 61.8. The SMILES string of the molecule is CCOC(=O)C(CCc1ccc(COC(=O)C2=C(C)NC(C)=C(C(=O)OC)C2c2cccc([N+](=O)[O-])c2)cc1)C(=O)OCC. The maximum Gasteiger partial charge on any atom is 0.337 e. The van der Waals surface area contributed by atoms with Crippen LogP contribution in [0, 0.1) is 16.0 Å². The van der Waals surface area contributed by atoms with Gasteiger partial charge in [-0.1, -0.05) is 36.4 Å². The third kappa shape index (κ3) is 8.09. The summed E-state index contributed by atoms with van der Waals surface area (Å²) in [5, 5.41) is 14.5. The number of nitrogens with one attached hydrogen (secondary N) is 1. The van der Waals surface area contributed by atoms with Crippen molar-refractivity contribution in [2.75, 3.05) is 20.3 Å². The van der Waals surface area contributed by atoms with Gasteiger partial charge in [0.15, 0.2) is 5.92 Å². The molecule has 12 nitrogen and oxygen atoms in total. The van der Waals surface area contributed by atoms with E-state index in [0.717, 1.165) is 5.56 Å². The van der Waals surface area contributed by atoms with Gasteiger partial charge in [-0.05, 0) is 57.2 Å². The van der Waals surface area contributed by atoms with Gasteiger partial charge >= 0.3 is 23.9 Å². The molecule has 12 heteroatoms. The normalized spacial score (nSPS) is 14.5. The maximum absolute atomic E-state index is 13.5. The number of nitro benzene ring substituents is 1. The third-order valence-electron chi connectivity index (χ3n) is 7.06. The Hall–Kier alpha value is -5.00. The zero-order chi connectivity index (χ0) is 32.4. The topological polar surface area (TPSA) is 160 Å². The molecule has 0 bridgehead atoms. The van der Waals surface area contributed by atoms with Crippen LogP contribution in [-0.4, -0.2) is 49.1 Å². The van der Waals surface area contributed by atoms with Crippen LogP contribution in [0.15, 0.2) is 71.1 Å². The maximum atomic E-state index is 13.5. The van der Waals surface area contributed by atoms with Crippen LogP contribution in [-0.2, 0) is 51.2 Å². The van der Waals surface area contributed by atoms with Gasteiger partial charge in [-0.2, -0.15) is 0 Å². The van der Waals surface area contributed by atoms with Crippen LogP contribution >= 0.6 is 0 Å². The molecule has 1 N–H and O–H groups in total. The number of ether oxygens (including phenoxy) is 4. The number of aryl methyl sites for hydroxylation is 1. The fraction of sp³-hybridized carbons (Fsp3) is 0.375. The molecular weight excluding hydrogens is 572 g/mol. The molecule has 0 spiro atoms. The number of hydrogen-bond acceptors (Lipinski definition) is 11. The van der Waals surface area contributed by atoms with Crippen molar-refractivity contribution in [3.05, 3.63) is 97.9 Å². The first-order valence-electron chi connectivity index (χ1n) is 14.1. The van der Waals surface area contributed by atoms with Crippen LogP contribution in [0.25, 0.3) is 0 Å². The average molecular weight is 609 g/mol. The minimum Gasteiger partial charge on any atom is -0.466 e. The molecule has 0 fully saturated rings. The minimum atomic E-state index is -1.03. The van der Waals surface area contributed by atoms with Crippen molar-refractivity contribution in [1.82, 2.24) is 5.32 Å². The van der Waals surface area contributed by atoms with Crippen molar-refractivity contribution in [3.63, 3.8) is 0 Å². The Labute approximate surface area is 255 Å². The second-order valence-electron chi connectivity index (χ2n) is 9.97. The average Bonchev–Trinajstić information content (AvgIpc) is 3.00. The summed E-state index contributed by atoms with van der Waals surface area (Å²) in [5.74, 6) is -4.64. The number of carbonyl (C=O) groups is 4. The van der Waals surface area contributed by atoms with Gasteiger partial charge in [-0.3, -0.25) is 19.7 Å². The lowest BCUT2D eigenvalue weighted by Crippen LogP contribution is -2.32. The van der Waals surface area contributed by atoms with Gasteiger partial charge in [-0.15, -0.1) is 0 Å². The number of rotatable bonds is 13. The lowest BCUT2D eigenvalue weighted by Gasteiger charge is -2.30. The van der Waals surface area contributed by atoms with E-state index in [1.165, 1.54) is 25.3 Å². The summed E-state index contributed by atoms with van der Waals surface area (Å²) in [6.07, 6.45) is 0.619. The monoisotopic (exact) mass is 608 g/mol. The van der Waals surface area contributed by atoms with E-state index in [1.807, 2.05) is 0 Å². The van der Waals surface area contributed by atoms with Crippen LogP contribution in [0.2, 0.25) is 0 Å². The number of methoxy groups -OCH3 is 1. The molecule has 1 atom stereocenters. The molecule has 44 heavy (non-hydrogen) atoms. The minimum absolute atomic E-state index is 0.0952. The molecule has 2 aromatic rings. The number of hydrogen-bond donors (Lipinski definition) is 1. The lowest BCUT2D eigenvalue weighted by atomic mass is 9.80. The van der Waals surface area contributed by atoms with Crippen LogP contribution < -0.4 is 5.32 Å². The Morgan fingerprint density at radius 1 is 0.864 bits per heavy atom. The number of nitrogens with zero attached hydrogens (tertiary/aromatic N) is 1. The molecule has 1 heterocycles. The molecule has 3 rings (SSSR count). The van der Waals surface area contributed by atoms with E-state index in [2.05, 4.69) is 5.32 Å². The molecule has 0 amide bonds. The summed E-state index contributed by atoms with van der Waals surface area (Å²) in [5.41, 5.74) is 2.84. The van der Waals surface area contributed by atoms with E-state index >= 15 is 0 Å². The number of non-ortho nitro benzene ring substituents is 1. The molecule has 0 radical (unpaired) electrons. The van der Waals surface area contributed by atoms with Gasteiger partial charge in [0.05, 0.1) is 42.3 Å². The van der Waals surface area contributed by atoms with Gasteiger partial charge < -0.3 is 24.3 Å². The Morgan fingerprint density at radius 3 is 1.98 bits per heavy atom. The predicted molar refractivity (Wildman–Crippen MR) is 158 cm³/mol. The van der Waals surface area contributed by atoms with Crippen LogP contribution in [0.3, 0.4) is 0 Å². The fourth-order valence-electron chi connectivity index (χ4n) is 4.95. The number of esters is 4. The Bertz CT molecular complexity index is 1460. The van der Waals surface area contributed by atoms with Crippen molar-refractivity contribution in [3.8, 4) is 0 Å². The van der Waals surface area contributed by atoms with E-state index in [1.54, 1.807) is 58.0 Å². The van der Waals surface area contributed by atoms with E-state index in [4.69, 9.17) is 18.9 Å². The quantitative estimate of drug-likeness (QED) is 0.113. The van der Waals surface area contributed by atoms with Gasteiger partial charge in [-0.25, -0.2) is 9.59 Å². The van der Waals surface area contributed by atoms with E-state index in [-0.39, 0.29) is 43.1 Å².